The number of ether oxygens (including phenoxy) is 1. The number of benzene rings is 1. The van der Waals surface area contributed by atoms with Gasteiger partial charge in [0, 0.05) is 0 Å². The second-order valence-corrected chi connectivity index (χ2v) is 4.26. The van der Waals surface area contributed by atoms with E-state index < -0.39 is 6.09 Å². The molecule has 5 heteroatoms. The average Bonchev–Trinajstić information content (AvgIpc) is 2.50. The summed E-state index contributed by atoms with van der Waals surface area (Å²) in [5.41, 5.74) is 0.519. The fourth-order valence-electron chi connectivity index (χ4n) is 1.47. The highest BCUT2D eigenvalue weighted by Crippen LogP contribution is 2.25. The zero-order chi connectivity index (χ0) is 11.0. The van der Waals surface area contributed by atoms with Crippen LogP contribution in [0.15, 0.2) is 22.7 Å². The van der Waals surface area contributed by atoms with Gasteiger partial charge in [-0.2, -0.15) is 0 Å². The molecule has 1 aliphatic heterocycles. The lowest BCUT2D eigenvalue weighted by atomic mass is 10.3. The SMILES string of the molecule is C[C@@H]1CN(c2ccc(Br)c(F)c2)C(=O)O1. The highest BCUT2D eigenvalue weighted by atomic mass is 79.9. The van der Waals surface area contributed by atoms with Gasteiger partial charge in [-0.15, -0.1) is 0 Å². The molecule has 1 amide bonds. The summed E-state index contributed by atoms with van der Waals surface area (Å²) >= 11 is 3.06. The minimum absolute atomic E-state index is 0.149. The van der Waals surface area contributed by atoms with Crippen molar-refractivity contribution in [3.63, 3.8) is 0 Å². The fourth-order valence-corrected chi connectivity index (χ4v) is 1.72. The number of amides is 1. The van der Waals surface area contributed by atoms with Gasteiger partial charge in [-0.25, -0.2) is 9.18 Å². The predicted molar refractivity (Wildman–Crippen MR) is 57.4 cm³/mol. The molecule has 1 aromatic carbocycles. The summed E-state index contributed by atoms with van der Waals surface area (Å²) < 4.78 is 18.6. The summed E-state index contributed by atoms with van der Waals surface area (Å²) in [7, 11) is 0. The summed E-state index contributed by atoms with van der Waals surface area (Å²) in [4.78, 5) is 12.8. The molecule has 2 rings (SSSR count). The van der Waals surface area contributed by atoms with E-state index in [9.17, 15) is 9.18 Å². The van der Waals surface area contributed by atoms with Crippen molar-refractivity contribution < 1.29 is 13.9 Å². The lowest BCUT2D eigenvalue weighted by molar-refractivity contribution is 0.150. The van der Waals surface area contributed by atoms with Crippen LogP contribution in [-0.4, -0.2) is 18.7 Å². The number of hydrogen-bond acceptors (Lipinski definition) is 2. The third-order valence-electron chi connectivity index (χ3n) is 2.18. The van der Waals surface area contributed by atoms with Gasteiger partial charge in [-0.05, 0) is 41.1 Å². The van der Waals surface area contributed by atoms with Gasteiger partial charge in [0.15, 0.2) is 0 Å². The lowest BCUT2D eigenvalue weighted by Crippen LogP contribution is -2.24. The van der Waals surface area contributed by atoms with Crippen LogP contribution in [0, 0.1) is 5.82 Å². The predicted octanol–water partition coefficient (Wildman–Crippen LogP) is 2.93. The van der Waals surface area contributed by atoms with Crippen LogP contribution in [0.4, 0.5) is 14.9 Å². The standard InChI is InChI=1S/C10H9BrFNO2/c1-6-5-13(10(14)15-6)7-2-3-8(11)9(12)4-7/h2-4,6H,5H2,1H3/t6-/m1/s1. The molecule has 0 aromatic heterocycles. The van der Waals surface area contributed by atoms with Gasteiger partial charge in [0.05, 0.1) is 16.7 Å². The van der Waals surface area contributed by atoms with Crippen LogP contribution in [0.3, 0.4) is 0 Å². The first kappa shape index (κ1) is 10.4. The molecule has 0 spiro atoms. The van der Waals surface area contributed by atoms with E-state index in [1.807, 2.05) is 0 Å². The van der Waals surface area contributed by atoms with Gasteiger partial charge >= 0.3 is 6.09 Å². The zero-order valence-corrected chi connectivity index (χ0v) is 9.62. The second-order valence-electron chi connectivity index (χ2n) is 3.40. The van der Waals surface area contributed by atoms with Gasteiger partial charge in [0.2, 0.25) is 0 Å². The van der Waals surface area contributed by atoms with Crippen LogP contribution >= 0.6 is 15.9 Å². The Morgan fingerprint density at radius 3 is 2.87 bits per heavy atom. The molecule has 0 saturated carbocycles. The topological polar surface area (TPSA) is 29.5 Å². The van der Waals surface area contributed by atoms with Crippen LogP contribution < -0.4 is 4.90 Å². The van der Waals surface area contributed by atoms with E-state index in [4.69, 9.17) is 4.74 Å². The maximum atomic E-state index is 13.2. The molecule has 0 N–H and O–H groups in total. The third kappa shape index (κ3) is 1.97. The minimum Gasteiger partial charge on any atom is -0.444 e. The van der Waals surface area contributed by atoms with Crippen molar-refractivity contribution in [3.8, 4) is 0 Å². The van der Waals surface area contributed by atoms with Gasteiger partial charge in [0.25, 0.3) is 0 Å². The normalized spacial score (nSPS) is 20.6. The van der Waals surface area contributed by atoms with Crippen molar-refractivity contribution in [1.82, 2.24) is 0 Å². The van der Waals surface area contributed by atoms with Crippen LogP contribution in [0.2, 0.25) is 0 Å². The Morgan fingerprint density at radius 1 is 1.60 bits per heavy atom. The molecule has 15 heavy (non-hydrogen) atoms. The van der Waals surface area contributed by atoms with Crippen molar-refractivity contribution in [3.05, 3.63) is 28.5 Å². The van der Waals surface area contributed by atoms with E-state index in [2.05, 4.69) is 15.9 Å². The van der Waals surface area contributed by atoms with Crippen molar-refractivity contribution in [1.29, 1.82) is 0 Å². The quantitative estimate of drug-likeness (QED) is 0.788. The molecule has 0 unspecified atom stereocenters. The summed E-state index contributed by atoms with van der Waals surface area (Å²) in [6.07, 6.45) is -0.576. The van der Waals surface area contributed by atoms with Crippen LogP contribution in [0.1, 0.15) is 6.92 Å². The molecule has 0 aliphatic carbocycles. The highest BCUT2D eigenvalue weighted by Gasteiger charge is 2.29. The molecule has 1 aromatic rings. The monoisotopic (exact) mass is 273 g/mol. The number of cyclic esters (lactones) is 1. The van der Waals surface area contributed by atoms with Crippen LogP contribution in [0.5, 0.6) is 0 Å². The maximum absolute atomic E-state index is 13.2. The van der Waals surface area contributed by atoms with Gasteiger partial charge in [-0.3, -0.25) is 4.90 Å². The first-order chi connectivity index (χ1) is 7.08. The van der Waals surface area contributed by atoms with E-state index in [-0.39, 0.29) is 11.9 Å². The average molecular weight is 274 g/mol. The smallest absolute Gasteiger partial charge is 0.414 e. The Bertz CT molecular complexity index is 410. The van der Waals surface area contributed by atoms with Crippen molar-refractivity contribution in [2.24, 2.45) is 0 Å². The molecule has 3 nitrogen and oxygen atoms in total. The Hall–Kier alpha value is -1.10. The second kappa shape index (κ2) is 3.81. The van der Waals surface area contributed by atoms with Crippen molar-refractivity contribution in [2.75, 3.05) is 11.4 Å². The molecule has 1 atom stereocenters. The molecule has 80 valence electrons. The number of anilines is 1. The molecular formula is C10H9BrFNO2. The molecule has 1 aliphatic rings. The lowest BCUT2D eigenvalue weighted by Gasteiger charge is -2.12. The number of nitrogens with zero attached hydrogens (tertiary/aromatic N) is 1. The van der Waals surface area contributed by atoms with Crippen LogP contribution in [-0.2, 0) is 4.74 Å². The Morgan fingerprint density at radius 2 is 2.33 bits per heavy atom. The first-order valence-electron chi connectivity index (χ1n) is 4.51. The van der Waals surface area contributed by atoms with E-state index in [0.29, 0.717) is 16.7 Å². The van der Waals surface area contributed by atoms with E-state index in [1.165, 1.54) is 11.0 Å². The summed E-state index contributed by atoms with van der Waals surface area (Å²) in [5, 5.41) is 0. The molecule has 0 bridgehead atoms. The number of carbonyl (C=O) groups is 1. The molecular weight excluding hydrogens is 265 g/mol. The number of carbonyl (C=O) groups excluding carboxylic acids is 1. The third-order valence-corrected chi connectivity index (χ3v) is 2.82. The number of rotatable bonds is 1. The largest absolute Gasteiger partial charge is 0.444 e. The maximum Gasteiger partial charge on any atom is 0.414 e. The van der Waals surface area contributed by atoms with E-state index >= 15 is 0 Å². The molecule has 1 saturated heterocycles. The summed E-state index contributed by atoms with van der Waals surface area (Å²) in [6, 6.07) is 4.55. The highest BCUT2D eigenvalue weighted by molar-refractivity contribution is 9.10. The molecule has 1 heterocycles. The van der Waals surface area contributed by atoms with Gasteiger partial charge in [0.1, 0.15) is 11.9 Å². The summed E-state index contributed by atoms with van der Waals surface area (Å²) in [6.45, 7) is 2.26. The van der Waals surface area contributed by atoms with E-state index in [0.717, 1.165) is 0 Å². The molecule has 0 radical (unpaired) electrons. The van der Waals surface area contributed by atoms with Crippen molar-refractivity contribution in [2.45, 2.75) is 13.0 Å². The fraction of sp³-hybridized carbons (Fsp3) is 0.300. The first-order valence-corrected chi connectivity index (χ1v) is 5.30. The Labute approximate surface area is 95.0 Å². The van der Waals surface area contributed by atoms with Crippen LogP contribution in [0.25, 0.3) is 0 Å². The minimum atomic E-state index is -0.427. The van der Waals surface area contributed by atoms with Gasteiger partial charge < -0.3 is 4.74 Å². The van der Waals surface area contributed by atoms with Gasteiger partial charge in [-0.1, -0.05) is 0 Å². The zero-order valence-electron chi connectivity index (χ0n) is 8.04. The summed E-state index contributed by atoms with van der Waals surface area (Å²) in [5.74, 6) is -0.389. The molecule has 1 fully saturated rings. The Balaban J connectivity index is 2.30. The van der Waals surface area contributed by atoms with Crippen molar-refractivity contribution >= 4 is 27.7 Å². The van der Waals surface area contributed by atoms with E-state index in [1.54, 1.807) is 19.1 Å². The number of hydrogen-bond donors (Lipinski definition) is 0. The number of halogens is 2. The Kier molecular flexibility index (Phi) is 2.65.